The van der Waals surface area contributed by atoms with Crippen molar-refractivity contribution in [3.05, 3.63) is 0 Å². The SMILES string of the molecule is CCCNC(=S)NCC1CN(C)CCN1C. The first-order valence-electron chi connectivity index (χ1n) is 6.04. The summed E-state index contributed by atoms with van der Waals surface area (Å²) in [5, 5.41) is 7.26. The van der Waals surface area contributed by atoms with Crippen molar-refractivity contribution in [2.24, 2.45) is 0 Å². The molecule has 0 saturated carbocycles. The average molecular weight is 244 g/mol. The van der Waals surface area contributed by atoms with Crippen molar-refractivity contribution in [3.63, 3.8) is 0 Å². The third kappa shape index (κ3) is 4.63. The Morgan fingerprint density at radius 2 is 2.06 bits per heavy atom. The molecular formula is C11H24N4S. The highest BCUT2D eigenvalue weighted by molar-refractivity contribution is 7.80. The lowest BCUT2D eigenvalue weighted by molar-refractivity contribution is 0.116. The molecule has 0 bridgehead atoms. The van der Waals surface area contributed by atoms with Crippen LogP contribution in [0.4, 0.5) is 0 Å². The predicted octanol–water partition coefficient (Wildman–Crippen LogP) is 0.106. The molecule has 0 amide bonds. The van der Waals surface area contributed by atoms with E-state index in [9.17, 15) is 0 Å². The molecule has 1 unspecified atom stereocenters. The van der Waals surface area contributed by atoms with Crippen LogP contribution in [0.25, 0.3) is 0 Å². The number of piperazine rings is 1. The summed E-state index contributed by atoms with van der Waals surface area (Å²) in [5.74, 6) is 0. The molecule has 0 aromatic carbocycles. The molecule has 0 aliphatic carbocycles. The lowest BCUT2D eigenvalue weighted by Crippen LogP contribution is -2.55. The van der Waals surface area contributed by atoms with Gasteiger partial charge in [0.1, 0.15) is 0 Å². The Morgan fingerprint density at radius 1 is 1.31 bits per heavy atom. The van der Waals surface area contributed by atoms with E-state index >= 15 is 0 Å². The van der Waals surface area contributed by atoms with Crippen molar-refractivity contribution in [1.82, 2.24) is 20.4 Å². The minimum atomic E-state index is 0.556. The van der Waals surface area contributed by atoms with Crippen LogP contribution in [-0.2, 0) is 0 Å². The summed E-state index contributed by atoms with van der Waals surface area (Å²) in [4.78, 5) is 4.77. The van der Waals surface area contributed by atoms with E-state index in [1.165, 1.54) is 0 Å². The first kappa shape index (κ1) is 13.7. The molecule has 0 radical (unpaired) electrons. The van der Waals surface area contributed by atoms with Gasteiger partial charge in [0, 0.05) is 38.8 Å². The van der Waals surface area contributed by atoms with Gasteiger partial charge in [-0.25, -0.2) is 0 Å². The molecule has 5 heteroatoms. The summed E-state index contributed by atoms with van der Waals surface area (Å²) in [7, 11) is 4.36. The van der Waals surface area contributed by atoms with Crippen LogP contribution in [-0.4, -0.2) is 67.8 Å². The molecule has 1 aliphatic rings. The quantitative estimate of drug-likeness (QED) is 0.685. The van der Waals surface area contributed by atoms with Crippen LogP contribution in [0.15, 0.2) is 0 Å². The minimum absolute atomic E-state index is 0.556. The second-order valence-electron chi connectivity index (χ2n) is 4.53. The van der Waals surface area contributed by atoms with Gasteiger partial charge >= 0.3 is 0 Å². The maximum Gasteiger partial charge on any atom is 0.166 e. The molecule has 1 aliphatic heterocycles. The largest absolute Gasteiger partial charge is 0.363 e. The smallest absolute Gasteiger partial charge is 0.166 e. The molecule has 1 fully saturated rings. The van der Waals surface area contributed by atoms with Crippen molar-refractivity contribution < 1.29 is 0 Å². The van der Waals surface area contributed by atoms with Crippen LogP contribution >= 0.6 is 12.2 Å². The van der Waals surface area contributed by atoms with E-state index in [4.69, 9.17) is 12.2 Å². The number of rotatable bonds is 4. The zero-order chi connectivity index (χ0) is 12.0. The third-order valence-electron chi connectivity index (χ3n) is 3.01. The Balaban J connectivity index is 2.22. The number of thiocarbonyl (C=S) groups is 1. The van der Waals surface area contributed by atoms with Crippen molar-refractivity contribution >= 4 is 17.3 Å². The highest BCUT2D eigenvalue weighted by Gasteiger charge is 2.21. The van der Waals surface area contributed by atoms with Gasteiger partial charge in [-0.1, -0.05) is 6.92 Å². The fraction of sp³-hybridized carbons (Fsp3) is 0.909. The Bertz CT molecular complexity index is 222. The van der Waals surface area contributed by atoms with Crippen molar-refractivity contribution in [3.8, 4) is 0 Å². The fourth-order valence-corrected chi connectivity index (χ4v) is 2.02. The Kier molecular flexibility index (Phi) is 6.01. The summed E-state index contributed by atoms with van der Waals surface area (Å²) in [6.07, 6.45) is 1.11. The molecule has 1 heterocycles. The summed E-state index contributed by atoms with van der Waals surface area (Å²) < 4.78 is 0. The first-order valence-corrected chi connectivity index (χ1v) is 6.44. The van der Waals surface area contributed by atoms with Gasteiger partial charge in [-0.05, 0) is 32.7 Å². The van der Waals surface area contributed by atoms with Gasteiger partial charge in [0.05, 0.1) is 0 Å². The molecule has 1 atom stereocenters. The van der Waals surface area contributed by atoms with E-state index in [0.717, 1.165) is 44.3 Å². The second-order valence-corrected chi connectivity index (χ2v) is 4.94. The Hall–Kier alpha value is -0.390. The molecule has 0 aromatic heterocycles. The van der Waals surface area contributed by atoms with Crippen LogP contribution in [0.5, 0.6) is 0 Å². The van der Waals surface area contributed by atoms with E-state index in [0.29, 0.717) is 6.04 Å². The van der Waals surface area contributed by atoms with Gasteiger partial charge in [0.25, 0.3) is 0 Å². The summed E-state index contributed by atoms with van der Waals surface area (Å²) in [5.41, 5.74) is 0. The number of hydrogen-bond acceptors (Lipinski definition) is 3. The molecular weight excluding hydrogens is 220 g/mol. The van der Waals surface area contributed by atoms with Crippen LogP contribution in [0, 0.1) is 0 Å². The van der Waals surface area contributed by atoms with Crippen LogP contribution in [0.3, 0.4) is 0 Å². The first-order chi connectivity index (χ1) is 7.63. The number of nitrogens with one attached hydrogen (secondary N) is 2. The standard InChI is InChI=1S/C11H24N4S/c1-4-5-12-11(16)13-8-10-9-14(2)6-7-15(10)3/h10H,4-9H2,1-3H3,(H2,12,13,16). The summed E-state index contributed by atoms with van der Waals surface area (Å²) >= 11 is 5.20. The lowest BCUT2D eigenvalue weighted by atomic mass is 10.2. The molecule has 1 saturated heterocycles. The van der Waals surface area contributed by atoms with Gasteiger partial charge in [-0.15, -0.1) is 0 Å². The summed E-state index contributed by atoms with van der Waals surface area (Å²) in [6, 6.07) is 0.556. The highest BCUT2D eigenvalue weighted by atomic mass is 32.1. The van der Waals surface area contributed by atoms with Gasteiger partial charge in [-0.2, -0.15) is 0 Å². The lowest BCUT2D eigenvalue weighted by Gasteiger charge is -2.37. The van der Waals surface area contributed by atoms with Crippen LogP contribution in [0.2, 0.25) is 0 Å². The monoisotopic (exact) mass is 244 g/mol. The number of nitrogens with zero attached hydrogens (tertiary/aromatic N) is 2. The topological polar surface area (TPSA) is 30.5 Å². The second kappa shape index (κ2) is 7.04. The summed E-state index contributed by atoms with van der Waals surface area (Å²) in [6.45, 7) is 7.42. The average Bonchev–Trinajstić information content (AvgIpc) is 2.27. The normalized spacial score (nSPS) is 23.1. The zero-order valence-electron chi connectivity index (χ0n) is 10.6. The van der Waals surface area contributed by atoms with Crippen molar-refractivity contribution in [2.45, 2.75) is 19.4 Å². The van der Waals surface area contributed by atoms with Gasteiger partial charge in [0.15, 0.2) is 5.11 Å². The number of likely N-dealkylation sites (N-methyl/N-ethyl adjacent to an activating group) is 2. The molecule has 0 spiro atoms. The van der Waals surface area contributed by atoms with E-state index in [1.807, 2.05) is 0 Å². The Morgan fingerprint density at radius 3 is 2.75 bits per heavy atom. The van der Waals surface area contributed by atoms with Crippen molar-refractivity contribution in [1.29, 1.82) is 0 Å². The highest BCUT2D eigenvalue weighted by Crippen LogP contribution is 2.04. The molecule has 2 N–H and O–H groups in total. The van der Waals surface area contributed by atoms with Gasteiger partial charge in [0.2, 0.25) is 0 Å². The van der Waals surface area contributed by atoms with Crippen LogP contribution in [0.1, 0.15) is 13.3 Å². The van der Waals surface area contributed by atoms with E-state index < -0.39 is 0 Å². The van der Waals surface area contributed by atoms with E-state index in [-0.39, 0.29) is 0 Å². The minimum Gasteiger partial charge on any atom is -0.363 e. The zero-order valence-corrected chi connectivity index (χ0v) is 11.4. The van der Waals surface area contributed by atoms with Crippen molar-refractivity contribution in [2.75, 3.05) is 46.8 Å². The molecule has 94 valence electrons. The third-order valence-corrected chi connectivity index (χ3v) is 3.30. The Labute approximate surface area is 104 Å². The van der Waals surface area contributed by atoms with Gasteiger partial charge < -0.3 is 15.5 Å². The van der Waals surface area contributed by atoms with Crippen LogP contribution < -0.4 is 10.6 Å². The molecule has 4 nitrogen and oxygen atoms in total. The maximum atomic E-state index is 5.20. The van der Waals surface area contributed by atoms with Gasteiger partial charge in [-0.3, -0.25) is 4.90 Å². The number of hydrogen-bond donors (Lipinski definition) is 2. The van der Waals surface area contributed by atoms with E-state index in [1.54, 1.807) is 0 Å². The predicted molar refractivity (Wildman–Crippen MR) is 72.8 cm³/mol. The molecule has 1 rings (SSSR count). The molecule has 16 heavy (non-hydrogen) atoms. The fourth-order valence-electron chi connectivity index (χ4n) is 1.83. The van der Waals surface area contributed by atoms with E-state index in [2.05, 4.69) is 41.5 Å². The maximum absolute atomic E-state index is 5.20. The molecule has 0 aromatic rings.